The standard InChI is InChI=1S/C32H36N4O4/c1-5-39-26-16-12-25(13-17-26)36-31(33-29-9-7-6-8-28(29)32(36)38)24(4)34-18-19-35(23(3)20-34)30(37)21-40-27-14-10-22(2)11-15-27/h6-17,23-24H,5,18-21H2,1-4H3. The Morgan fingerprint density at radius 1 is 0.975 bits per heavy atom. The second-order valence-electron chi connectivity index (χ2n) is 10.3. The fourth-order valence-electron chi connectivity index (χ4n) is 5.27. The lowest BCUT2D eigenvalue weighted by Gasteiger charge is -2.42. The summed E-state index contributed by atoms with van der Waals surface area (Å²) in [5.74, 6) is 2.08. The molecule has 208 valence electrons. The first-order valence-corrected chi connectivity index (χ1v) is 13.8. The van der Waals surface area contributed by atoms with Gasteiger partial charge < -0.3 is 14.4 Å². The molecule has 0 aliphatic carbocycles. The van der Waals surface area contributed by atoms with E-state index in [1.54, 1.807) is 4.57 Å². The highest BCUT2D eigenvalue weighted by Gasteiger charge is 2.32. The minimum Gasteiger partial charge on any atom is -0.494 e. The molecule has 1 aliphatic rings. The van der Waals surface area contributed by atoms with E-state index >= 15 is 0 Å². The fourth-order valence-corrected chi connectivity index (χ4v) is 5.27. The van der Waals surface area contributed by atoms with Crippen molar-refractivity contribution in [2.75, 3.05) is 32.8 Å². The molecule has 1 saturated heterocycles. The largest absolute Gasteiger partial charge is 0.494 e. The molecule has 40 heavy (non-hydrogen) atoms. The van der Waals surface area contributed by atoms with Crippen LogP contribution in [0.15, 0.2) is 77.6 Å². The number of fused-ring (bicyclic) bond motifs is 1. The zero-order valence-corrected chi connectivity index (χ0v) is 23.5. The highest BCUT2D eigenvalue weighted by molar-refractivity contribution is 5.78. The summed E-state index contributed by atoms with van der Waals surface area (Å²) in [4.78, 5) is 35.9. The molecule has 2 atom stereocenters. The topological polar surface area (TPSA) is 76.9 Å². The van der Waals surface area contributed by atoms with E-state index in [1.807, 2.05) is 91.5 Å². The molecule has 1 aliphatic heterocycles. The van der Waals surface area contributed by atoms with Crippen molar-refractivity contribution in [3.8, 4) is 17.2 Å². The molecule has 1 fully saturated rings. The molecule has 2 unspecified atom stereocenters. The first-order valence-electron chi connectivity index (χ1n) is 13.8. The van der Waals surface area contributed by atoms with E-state index in [0.29, 0.717) is 48.7 Å². The summed E-state index contributed by atoms with van der Waals surface area (Å²) in [5, 5.41) is 0.574. The van der Waals surface area contributed by atoms with Gasteiger partial charge in [0.15, 0.2) is 6.61 Å². The number of benzene rings is 3. The minimum absolute atomic E-state index is 0.00642. The molecule has 0 saturated carbocycles. The Labute approximate surface area is 234 Å². The van der Waals surface area contributed by atoms with Crippen molar-refractivity contribution in [1.29, 1.82) is 0 Å². The lowest BCUT2D eigenvalue weighted by molar-refractivity contribution is -0.138. The number of nitrogens with zero attached hydrogens (tertiary/aromatic N) is 4. The number of carbonyl (C=O) groups is 1. The van der Waals surface area contributed by atoms with Gasteiger partial charge in [-0.05, 0) is 76.2 Å². The SMILES string of the molecule is CCOc1ccc(-n2c(C(C)N3CCN(C(=O)COc4ccc(C)cc4)C(C)C3)nc3ccccc3c2=O)cc1. The molecule has 5 rings (SSSR count). The van der Waals surface area contributed by atoms with Crippen molar-refractivity contribution >= 4 is 16.8 Å². The van der Waals surface area contributed by atoms with Gasteiger partial charge in [-0.15, -0.1) is 0 Å². The van der Waals surface area contributed by atoms with E-state index < -0.39 is 0 Å². The number of aryl methyl sites for hydroxylation is 1. The summed E-state index contributed by atoms with van der Waals surface area (Å²) in [6, 6.07) is 22.5. The van der Waals surface area contributed by atoms with E-state index in [1.165, 1.54) is 0 Å². The predicted octanol–water partition coefficient (Wildman–Crippen LogP) is 4.77. The van der Waals surface area contributed by atoms with Crippen molar-refractivity contribution in [1.82, 2.24) is 19.4 Å². The van der Waals surface area contributed by atoms with Crippen LogP contribution in [0, 0.1) is 6.92 Å². The van der Waals surface area contributed by atoms with E-state index in [2.05, 4.69) is 18.7 Å². The third-order valence-corrected chi connectivity index (χ3v) is 7.49. The van der Waals surface area contributed by atoms with Gasteiger partial charge in [0.2, 0.25) is 0 Å². The third-order valence-electron chi connectivity index (χ3n) is 7.49. The summed E-state index contributed by atoms with van der Waals surface area (Å²) < 4.78 is 13.1. The number of amides is 1. The highest BCUT2D eigenvalue weighted by Crippen LogP contribution is 2.26. The second kappa shape index (κ2) is 11.9. The maximum atomic E-state index is 13.8. The monoisotopic (exact) mass is 540 g/mol. The van der Waals surface area contributed by atoms with Crippen molar-refractivity contribution < 1.29 is 14.3 Å². The van der Waals surface area contributed by atoms with Crippen LogP contribution in [-0.4, -0.2) is 64.1 Å². The molecule has 0 bridgehead atoms. The van der Waals surface area contributed by atoms with Gasteiger partial charge >= 0.3 is 0 Å². The molecule has 0 spiro atoms. The van der Waals surface area contributed by atoms with Gasteiger partial charge in [-0.3, -0.25) is 19.1 Å². The highest BCUT2D eigenvalue weighted by atomic mass is 16.5. The number of carbonyl (C=O) groups excluding carboxylic acids is 1. The van der Waals surface area contributed by atoms with Gasteiger partial charge in [0.1, 0.15) is 17.3 Å². The first-order chi connectivity index (χ1) is 19.4. The van der Waals surface area contributed by atoms with E-state index in [-0.39, 0.29) is 30.2 Å². The Hall–Kier alpha value is -4.17. The fraction of sp³-hybridized carbons (Fsp3) is 0.344. The molecule has 0 N–H and O–H groups in total. The lowest BCUT2D eigenvalue weighted by Crippen LogP contribution is -2.55. The van der Waals surface area contributed by atoms with Crippen LogP contribution in [0.2, 0.25) is 0 Å². The number of hydrogen-bond donors (Lipinski definition) is 0. The number of hydrogen-bond acceptors (Lipinski definition) is 6. The van der Waals surface area contributed by atoms with Crippen LogP contribution in [0.4, 0.5) is 0 Å². The second-order valence-corrected chi connectivity index (χ2v) is 10.3. The quantitative estimate of drug-likeness (QED) is 0.321. The molecule has 4 aromatic rings. The summed E-state index contributed by atoms with van der Waals surface area (Å²) >= 11 is 0. The Morgan fingerprint density at radius 3 is 2.35 bits per heavy atom. The van der Waals surface area contributed by atoms with Crippen LogP contribution in [0.1, 0.15) is 38.2 Å². The van der Waals surface area contributed by atoms with Crippen molar-refractivity contribution in [2.45, 2.75) is 39.8 Å². The van der Waals surface area contributed by atoms with Crippen LogP contribution in [0.25, 0.3) is 16.6 Å². The zero-order valence-electron chi connectivity index (χ0n) is 23.5. The summed E-state index contributed by atoms with van der Waals surface area (Å²) in [5.41, 5.74) is 2.45. The smallest absolute Gasteiger partial charge is 0.266 e. The third kappa shape index (κ3) is 5.72. The van der Waals surface area contributed by atoms with Crippen molar-refractivity contribution in [3.05, 3.63) is 94.5 Å². The Balaban J connectivity index is 1.37. The molecule has 1 aromatic heterocycles. The molecule has 3 aromatic carbocycles. The summed E-state index contributed by atoms with van der Waals surface area (Å²) in [6.07, 6.45) is 0. The Bertz CT molecular complexity index is 1530. The van der Waals surface area contributed by atoms with Crippen LogP contribution < -0.4 is 15.0 Å². The minimum atomic E-state index is -0.160. The van der Waals surface area contributed by atoms with Gasteiger partial charge in [-0.25, -0.2) is 4.98 Å². The van der Waals surface area contributed by atoms with Gasteiger partial charge in [-0.2, -0.15) is 0 Å². The Morgan fingerprint density at radius 2 is 1.65 bits per heavy atom. The number of aromatic nitrogens is 2. The number of para-hydroxylation sites is 1. The van der Waals surface area contributed by atoms with E-state index in [0.717, 1.165) is 17.0 Å². The average Bonchev–Trinajstić information content (AvgIpc) is 2.97. The number of piperazine rings is 1. The molecule has 0 radical (unpaired) electrons. The lowest BCUT2D eigenvalue weighted by atomic mass is 10.1. The summed E-state index contributed by atoms with van der Waals surface area (Å²) in [7, 11) is 0. The van der Waals surface area contributed by atoms with Crippen LogP contribution >= 0.6 is 0 Å². The first kappa shape index (κ1) is 27.4. The normalized spacial score (nSPS) is 16.6. The zero-order chi connectivity index (χ0) is 28.2. The molecular weight excluding hydrogens is 504 g/mol. The molecule has 8 heteroatoms. The Kier molecular flexibility index (Phi) is 8.16. The van der Waals surface area contributed by atoms with Crippen molar-refractivity contribution in [2.24, 2.45) is 0 Å². The maximum absolute atomic E-state index is 13.8. The maximum Gasteiger partial charge on any atom is 0.266 e. The number of rotatable bonds is 8. The van der Waals surface area contributed by atoms with Gasteiger partial charge in [-0.1, -0.05) is 29.8 Å². The van der Waals surface area contributed by atoms with Gasteiger partial charge in [0.25, 0.3) is 11.5 Å². The van der Waals surface area contributed by atoms with Crippen molar-refractivity contribution in [3.63, 3.8) is 0 Å². The van der Waals surface area contributed by atoms with E-state index in [9.17, 15) is 9.59 Å². The van der Waals surface area contributed by atoms with Crippen LogP contribution in [-0.2, 0) is 4.79 Å². The predicted molar refractivity (Wildman–Crippen MR) is 156 cm³/mol. The van der Waals surface area contributed by atoms with Gasteiger partial charge in [0.05, 0.1) is 29.2 Å². The van der Waals surface area contributed by atoms with Gasteiger partial charge in [0, 0.05) is 25.7 Å². The van der Waals surface area contributed by atoms with E-state index in [4.69, 9.17) is 14.5 Å². The number of ether oxygens (including phenoxy) is 2. The average molecular weight is 541 g/mol. The molecule has 8 nitrogen and oxygen atoms in total. The molecule has 1 amide bonds. The molecular formula is C32H36N4O4. The molecule has 2 heterocycles. The summed E-state index contributed by atoms with van der Waals surface area (Å²) in [6.45, 7) is 10.6. The van der Waals surface area contributed by atoms with Crippen LogP contribution in [0.5, 0.6) is 11.5 Å². The van der Waals surface area contributed by atoms with Crippen LogP contribution in [0.3, 0.4) is 0 Å².